The summed E-state index contributed by atoms with van der Waals surface area (Å²) in [6.07, 6.45) is 2.06. The summed E-state index contributed by atoms with van der Waals surface area (Å²) in [7, 11) is 0. The average molecular weight is 257 g/mol. The van der Waals surface area contributed by atoms with E-state index < -0.39 is 0 Å². The van der Waals surface area contributed by atoms with Crippen molar-refractivity contribution >= 4 is 17.5 Å². The number of hydrogen-bond donors (Lipinski definition) is 1. The predicted octanol–water partition coefficient (Wildman–Crippen LogP) is 3.78. The molecule has 0 atom stereocenters. The van der Waals surface area contributed by atoms with Crippen LogP contribution < -0.4 is 0 Å². The Labute approximate surface area is 111 Å². The van der Waals surface area contributed by atoms with E-state index in [1.54, 1.807) is 11.8 Å². The van der Waals surface area contributed by atoms with Crippen molar-refractivity contribution in [1.82, 2.24) is 0 Å². The zero-order chi connectivity index (χ0) is 12.8. The van der Waals surface area contributed by atoms with Crippen molar-refractivity contribution in [3.63, 3.8) is 0 Å². The standard InChI is InChI=1S/C15H15NOS/c1-18-11-13-9-5-6-10-14(13)15(16-17)12-7-3-2-4-8-12/h2-10,17H,11H2,1H3. The minimum absolute atomic E-state index is 0.625. The Morgan fingerprint density at radius 3 is 2.39 bits per heavy atom. The molecule has 0 aliphatic rings. The lowest BCUT2D eigenvalue weighted by molar-refractivity contribution is 0.319. The molecule has 0 fully saturated rings. The van der Waals surface area contributed by atoms with Gasteiger partial charge >= 0.3 is 0 Å². The highest BCUT2D eigenvalue weighted by Crippen LogP contribution is 2.19. The Bertz CT molecular complexity index is 537. The Morgan fingerprint density at radius 2 is 1.72 bits per heavy atom. The number of hydrogen-bond acceptors (Lipinski definition) is 3. The zero-order valence-electron chi connectivity index (χ0n) is 10.2. The highest BCUT2D eigenvalue weighted by Gasteiger charge is 2.11. The van der Waals surface area contributed by atoms with Crippen molar-refractivity contribution in [3.05, 3.63) is 71.3 Å². The van der Waals surface area contributed by atoms with Gasteiger partial charge in [-0.1, -0.05) is 59.8 Å². The van der Waals surface area contributed by atoms with Crippen molar-refractivity contribution in [2.45, 2.75) is 5.75 Å². The molecule has 0 aromatic heterocycles. The summed E-state index contributed by atoms with van der Waals surface area (Å²) in [6.45, 7) is 0. The summed E-state index contributed by atoms with van der Waals surface area (Å²) in [5.41, 5.74) is 3.72. The van der Waals surface area contributed by atoms with Crippen LogP contribution in [0.5, 0.6) is 0 Å². The lowest BCUT2D eigenvalue weighted by Gasteiger charge is -2.10. The van der Waals surface area contributed by atoms with E-state index >= 15 is 0 Å². The highest BCUT2D eigenvalue weighted by molar-refractivity contribution is 7.97. The molecule has 3 heteroatoms. The van der Waals surface area contributed by atoms with Gasteiger partial charge in [0, 0.05) is 16.9 Å². The Morgan fingerprint density at radius 1 is 1.06 bits per heavy atom. The molecule has 1 N–H and O–H groups in total. The smallest absolute Gasteiger partial charge is 0.117 e. The molecule has 0 saturated carbocycles. The highest BCUT2D eigenvalue weighted by atomic mass is 32.2. The fraction of sp³-hybridized carbons (Fsp3) is 0.133. The number of thioether (sulfide) groups is 1. The molecule has 0 amide bonds. The third-order valence-electron chi connectivity index (χ3n) is 2.72. The number of benzene rings is 2. The summed E-state index contributed by atoms with van der Waals surface area (Å²) in [4.78, 5) is 0. The molecule has 92 valence electrons. The first-order valence-electron chi connectivity index (χ1n) is 5.71. The van der Waals surface area contributed by atoms with Gasteiger partial charge in [-0.05, 0) is 11.8 Å². The van der Waals surface area contributed by atoms with Crippen LogP contribution in [0.2, 0.25) is 0 Å². The molecule has 2 aromatic rings. The second kappa shape index (κ2) is 6.26. The first-order chi connectivity index (χ1) is 8.86. The molecule has 2 nitrogen and oxygen atoms in total. The van der Waals surface area contributed by atoms with E-state index in [1.165, 1.54) is 5.56 Å². The van der Waals surface area contributed by atoms with Crippen molar-refractivity contribution in [2.24, 2.45) is 5.16 Å². The van der Waals surface area contributed by atoms with Crippen LogP contribution in [0.3, 0.4) is 0 Å². The molecular formula is C15H15NOS. The van der Waals surface area contributed by atoms with E-state index in [4.69, 9.17) is 0 Å². The van der Waals surface area contributed by atoms with Crippen LogP contribution in [0.4, 0.5) is 0 Å². The van der Waals surface area contributed by atoms with Crippen LogP contribution in [-0.2, 0) is 5.75 Å². The number of nitrogens with zero attached hydrogens (tertiary/aromatic N) is 1. The second-order valence-electron chi connectivity index (χ2n) is 3.90. The Kier molecular flexibility index (Phi) is 4.42. The van der Waals surface area contributed by atoms with Gasteiger partial charge in [0.15, 0.2) is 0 Å². The fourth-order valence-corrected chi connectivity index (χ4v) is 2.46. The molecule has 0 aliphatic carbocycles. The van der Waals surface area contributed by atoms with E-state index in [1.807, 2.05) is 48.5 Å². The molecule has 0 spiro atoms. The lowest BCUT2D eigenvalue weighted by Crippen LogP contribution is -2.06. The van der Waals surface area contributed by atoms with Gasteiger partial charge in [0.2, 0.25) is 0 Å². The molecular weight excluding hydrogens is 242 g/mol. The summed E-state index contributed by atoms with van der Waals surface area (Å²) < 4.78 is 0. The summed E-state index contributed by atoms with van der Waals surface area (Å²) in [5, 5.41) is 12.8. The Hall–Kier alpha value is -1.74. The van der Waals surface area contributed by atoms with E-state index in [-0.39, 0.29) is 0 Å². The second-order valence-corrected chi connectivity index (χ2v) is 4.77. The van der Waals surface area contributed by atoms with Gasteiger partial charge in [0.05, 0.1) is 0 Å². The zero-order valence-corrected chi connectivity index (χ0v) is 11.0. The molecule has 0 radical (unpaired) electrons. The minimum Gasteiger partial charge on any atom is -0.410 e. The number of oxime groups is 1. The van der Waals surface area contributed by atoms with Crippen LogP contribution in [0, 0.1) is 0 Å². The Balaban J connectivity index is 2.46. The van der Waals surface area contributed by atoms with Crippen LogP contribution in [0.1, 0.15) is 16.7 Å². The van der Waals surface area contributed by atoms with Crippen LogP contribution in [-0.4, -0.2) is 17.2 Å². The van der Waals surface area contributed by atoms with Crippen LogP contribution in [0.15, 0.2) is 59.8 Å². The maximum Gasteiger partial charge on any atom is 0.117 e. The SMILES string of the molecule is CSCc1ccccc1C(=NO)c1ccccc1. The first-order valence-corrected chi connectivity index (χ1v) is 7.11. The molecule has 0 heterocycles. The van der Waals surface area contributed by atoms with Crippen molar-refractivity contribution in [3.8, 4) is 0 Å². The maximum absolute atomic E-state index is 9.31. The summed E-state index contributed by atoms with van der Waals surface area (Å²) in [5.74, 6) is 0.905. The molecule has 2 rings (SSSR count). The van der Waals surface area contributed by atoms with Gasteiger partial charge in [0.25, 0.3) is 0 Å². The van der Waals surface area contributed by atoms with Crippen molar-refractivity contribution < 1.29 is 5.21 Å². The van der Waals surface area contributed by atoms with Gasteiger partial charge in [-0.25, -0.2) is 0 Å². The number of rotatable bonds is 4. The van der Waals surface area contributed by atoms with Crippen LogP contribution in [0.25, 0.3) is 0 Å². The quantitative estimate of drug-likeness (QED) is 0.513. The monoisotopic (exact) mass is 257 g/mol. The largest absolute Gasteiger partial charge is 0.410 e. The predicted molar refractivity (Wildman–Crippen MR) is 77.5 cm³/mol. The maximum atomic E-state index is 9.31. The van der Waals surface area contributed by atoms with Gasteiger partial charge in [-0.15, -0.1) is 0 Å². The molecule has 18 heavy (non-hydrogen) atoms. The molecule has 0 unspecified atom stereocenters. The van der Waals surface area contributed by atoms with Gasteiger partial charge in [-0.2, -0.15) is 11.8 Å². The van der Waals surface area contributed by atoms with E-state index in [2.05, 4.69) is 17.5 Å². The summed E-state index contributed by atoms with van der Waals surface area (Å²) >= 11 is 1.76. The normalized spacial score (nSPS) is 11.5. The molecule has 2 aromatic carbocycles. The van der Waals surface area contributed by atoms with Crippen molar-refractivity contribution in [1.29, 1.82) is 0 Å². The lowest BCUT2D eigenvalue weighted by atomic mass is 9.98. The minimum atomic E-state index is 0.625. The van der Waals surface area contributed by atoms with Gasteiger partial charge in [0.1, 0.15) is 5.71 Å². The third kappa shape index (κ3) is 2.74. The first kappa shape index (κ1) is 12.7. The van der Waals surface area contributed by atoms with E-state index in [0.29, 0.717) is 5.71 Å². The molecule has 0 saturated heterocycles. The average Bonchev–Trinajstić information content (AvgIpc) is 2.43. The van der Waals surface area contributed by atoms with Gasteiger partial charge < -0.3 is 5.21 Å². The van der Waals surface area contributed by atoms with Crippen molar-refractivity contribution in [2.75, 3.05) is 6.26 Å². The fourth-order valence-electron chi connectivity index (χ4n) is 1.90. The van der Waals surface area contributed by atoms with Gasteiger partial charge in [-0.3, -0.25) is 0 Å². The molecule has 0 bridgehead atoms. The summed E-state index contributed by atoms with van der Waals surface area (Å²) in [6, 6.07) is 17.8. The molecule has 0 aliphatic heterocycles. The van der Waals surface area contributed by atoms with E-state index in [9.17, 15) is 5.21 Å². The van der Waals surface area contributed by atoms with E-state index in [0.717, 1.165) is 16.9 Å². The topological polar surface area (TPSA) is 32.6 Å². The third-order valence-corrected chi connectivity index (χ3v) is 3.32. The van der Waals surface area contributed by atoms with Crippen LogP contribution >= 0.6 is 11.8 Å².